The summed E-state index contributed by atoms with van der Waals surface area (Å²) in [5, 5.41) is 2.97. The number of amides is 1. The number of nitrogens with one attached hydrogen (secondary N) is 2. The van der Waals surface area contributed by atoms with Crippen molar-refractivity contribution in [2.45, 2.75) is 0 Å². The zero-order chi connectivity index (χ0) is 31.9. The monoisotopic (exact) mass is 633 g/mol. The second-order valence-electron chi connectivity index (χ2n) is 10.1. The SMILES string of the molecule is CNC(=O)c1c(-c2ccc(F)cc2)oc2cc(N(CCF)S(C)(=O)=O)c(-c3ccc(OC)c(-c4nc5[nH+]cccc5o4)c3)cc12. The van der Waals surface area contributed by atoms with Gasteiger partial charge in [-0.3, -0.25) is 9.10 Å². The molecule has 0 unspecified atom stereocenters. The van der Waals surface area contributed by atoms with E-state index >= 15 is 0 Å². The number of anilines is 1. The summed E-state index contributed by atoms with van der Waals surface area (Å²) in [6.07, 6.45) is 2.69. The molecule has 3 aromatic carbocycles. The molecular weight excluding hydrogens is 606 g/mol. The number of methoxy groups -OCH3 is 1. The second kappa shape index (κ2) is 11.7. The van der Waals surface area contributed by atoms with Crippen LogP contribution in [-0.2, 0) is 10.0 Å². The smallest absolute Gasteiger partial charge is 0.368 e. The molecule has 0 saturated heterocycles. The van der Waals surface area contributed by atoms with Crippen LogP contribution >= 0.6 is 0 Å². The second-order valence-corrected chi connectivity index (χ2v) is 12.0. The van der Waals surface area contributed by atoms with E-state index in [2.05, 4.69) is 15.3 Å². The lowest BCUT2D eigenvalue weighted by molar-refractivity contribution is -0.347. The minimum absolute atomic E-state index is 0.118. The highest BCUT2D eigenvalue weighted by molar-refractivity contribution is 7.92. The van der Waals surface area contributed by atoms with E-state index in [1.165, 1.54) is 44.5 Å². The first kappa shape index (κ1) is 29.8. The van der Waals surface area contributed by atoms with E-state index < -0.39 is 35.0 Å². The van der Waals surface area contributed by atoms with Crippen LogP contribution < -0.4 is 19.3 Å². The van der Waals surface area contributed by atoms with Crippen molar-refractivity contribution in [3.63, 3.8) is 0 Å². The Morgan fingerprint density at radius 2 is 1.78 bits per heavy atom. The summed E-state index contributed by atoms with van der Waals surface area (Å²) in [6.45, 7) is -1.42. The van der Waals surface area contributed by atoms with Crippen molar-refractivity contribution >= 4 is 43.8 Å². The maximum Gasteiger partial charge on any atom is 0.368 e. The summed E-state index contributed by atoms with van der Waals surface area (Å²) in [5.74, 6) is -0.117. The lowest BCUT2D eigenvalue weighted by Crippen LogP contribution is -2.32. The Morgan fingerprint density at radius 1 is 1.02 bits per heavy atom. The number of carbonyl (C=O) groups excluding carboxylic acids is 1. The number of aromatic amines is 1. The van der Waals surface area contributed by atoms with E-state index in [0.29, 0.717) is 44.6 Å². The standard InChI is InChI=1S/C32H26F2N4O6S/c1-35-31(39)28-22-16-21(19-8-11-25(42-2)23(15-19)32-37-30-26(44-32)5-4-13-36-30)24(38(14-12-33)45(3,40)41)17-27(22)43-29(28)18-6-9-20(34)10-7-18/h4-11,13,15-17H,12,14H2,1-3H3,(H,35,39)/p+1. The third-order valence-electron chi connectivity index (χ3n) is 7.28. The minimum atomic E-state index is -3.98. The summed E-state index contributed by atoms with van der Waals surface area (Å²) >= 11 is 0. The number of halogens is 2. The van der Waals surface area contributed by atoms with Gasteiger partial charge in [0.15, 0.2) is 0 Å². The Morgan fingerprint density at radius 3 is 2.44 bits per heavy atom. The van der Waals surface area contributed by atoms with Gasteiger partial charge in [-0.05, 0) is 60.2 Å². The van der Waals surface area contributed by atoms with Gasteiger partial charge in [-0.25, -0.2) is 22.2 Å². The Hall–Kier alpha value is -5.30. The number of nitrogens with zero attached hydrogens (tertiary/aromatic N) is 2. The molecule has 6 aromatic rings. The fourth-order valence-electron chi connectivity index (χ4n) is 5.24. The molecule has 230 valence electrons. The van der Waals surface area contributed by atoms with Gasteiger partial charge in [0.1, 0.15) is 35.1 Å². The molecule has 3 aromatic heterocycles. The number of hydrogen-bond acceptors (Lipinski definition) is 7. The van der Waals surface area contributed by atoms with Gasteiger partial charge in [-0.2, -0.15) is 0 Å². The first-order valence-corrected chi connectivity index (χ1v) is 15.6. The molecule has 0 aliphatic carbocycles. The van der Waals surface area contributed by atoms with Crippen LogP contribution in [0.3, 0.4) is 0 Å². The van der Waals surface area contributed by atoms with Gasteiger partial charge in [-0.1, -0.05) is 6.07 Å². The molecule has 0 spiro atoms. The molecule has 0 bridgehead atoms. The quantitative estimate of drug-likeness (QED) is 0.218. The normalized spacial score (nSPS) is 11.7. The molecule has 1 amide bonds. The van der Waals surface area contributed by atoms with Gasteiger partial charge >= 0.3 is 11.5 Å². The summed E-state index contributed by atoms with van der Waals surface area (Å²) < 4.78 is 72.2. The van der Waals surface area contributed by atoms with Crippen molar-refractivity contribution in [1.29, 1.82) is 0 Å². The van der Waals surface area contributed by atoms with Crippen LogP contribution in [0.5, 0.6) is 5.75 Å². The van der Waals surface area contributed by atoms with Crippen LogP contribution in [-0.4, -0.2) is 52.9 Å². The van der Waals surface area contributed by atoms with Crippen molar-refractivity contribution < 1.29 is 40.5 Å². The molecule has 0 aliphatic rings. The third kappa shape index (κ3) is 5.46. The topological polar surface area (TPSA) is 129 Å². The number of H-pyrrole nitrogens is 1. The van der Waals surface area contributed by atoms with E-state index in [4.69, 9.17) is 13.6 Å². The molecule has 3 heterocycles. The van der Waals surface area contributed by atoms with E-state index in [1.807, 2.05) is 0 Å². The van der Waals surface area contributed by atoms with Crippen molar-refractivity contribution in [1.82, 2.24) is 10.3 Å². The lowest BCUT2D eigenvalue weighted by atomic mass is 9.97. The van der Waals surface area contributed by atoms with E-state index in [0.717, 1.165) is 10.6 Å². The highest BCUT2D eigenvalue weighted by Crippen LogP contribution is 2.43. The minimum Gasteiger partial charge on any atom is -0.496 e. The number of sulfonamides is 1. The number of ether oxygens (including phenoxy) is 1. The molecule has 2 N–H and O–H groups in total. The van der Waals surface area contributed by atoms with Gasteiger partial charge in [0.05, 0.1) is 37.4 Å². The molecule has 0 radical (unpaired) electrons. The number of benzene rings is 3. The highest BCUT2D eigenvalue weighted by atomic mass is 32.2. The van der Waals surface area contributed by atoms with Gasteiger partial charge in [-0.15, -0.1) is 0 Å². The lowest BCUT2D eigenvalue weighted by Gasteiger charge is -2.24. The van der Waals surface area contributed by atoms with Crippen molar-refractivity contribution in [3.8, 4) is 39.7 Å². The summed E-state index contributed by atoms with van der Waals surface area (Å²) in [5.41, 5.74) is 3.20. The number of hydrogen-bond donors (Lipinski definition) is 1. The molecule has 0 aliphatic heterocycles. The van der Waals surface area contributed by atoms with Crippen molar-refractivity contribution in [2.24, 2.45) is 0 Å². The predicted molar refractivity (Wildman–Crippen MR) is 165 cm³/mol. The fourth-order valence-corrected chi connectivity index (χ4v) is 6.14. The van der Waals surface area contributed by atoms with Gasteiger partial charge in [0, 0.05) is 34.6 Å². The van der Waals surface area contributed by atoms with Crippen LogP contribution in [0.15, 0.2) is 81.8 Å². The average Bonchev–Trinajstić information content (AvgIpc) is 3.64. The molecule has 10 nitrogen and oxygen atoms in total. The molecule has 6 rings (SSSR count). The van der Waals surface area contributed by atoms with Crippen molar-refractivity contribution in [2.75, 3.05) is 37.9 Å². The number of rotatable bonds is 9. The number of carbonyl (C=O) groups is 1. The van der Waals surface area contributed by atoms with Crippen LogP contribution in [0, 0.1) is 5.82 Å². The van der Waals surface area contributed by atoms with Gasteiger partial charge < -0.3 is 18.9 Å². The zero-order valence-corrected chi connectivity index (χ0v) is 25.2. The molecule has 0 saturated carbocycles. The summed E-state index contributed by atoms with van der Waals surface area (Å²) in [6, 6.07) is 17.1. The van der Waals surface area contributed by atoms with E-state index in [1.54, 1.807) is 42.6 Å². The Kier molecular flexibility index (Phi) is 7.71. The van der Waals surface area contributed by atoms with Crippen LogP contribution in [0.1, 0.15) is 10.4 Å². The number of furan rings is 1. The number of alkyl halides is 1. The summed E-state index contributed by atoms with van der Waals surface area (Å²) in [4.78, 5) is 20.8. The van der Waals surface area contributed by atoms with E-state index in [9.17, 15) is 22.0 Å². The number of aromatic nitrogens is 2. The first-order chi connectivity index (χ1) is 21.6. The molecule has 13 heteroatoms. The number of fused-ring (bicyclic) bond motifs is 2. The fraction of sp³-hybridized carbons (Fsp3) is 0.156. The number of pyridine rings is 1. The molecule has 45 heavy (non-hydrogen) atoms. The Labute approximate surface area is 256 Å². The molecule has 0 atom stereocenters. The van der Waals surface area contributed by atoms with E-state index in [-0.39, 0.29) is 28.5 Å². The largest absolute Gasteiger partial charge is 0.496 e. The van der Waals surface area contributed by atoms with Gasteiger partial charge in [0.25, 0.3) is 5.91 Å². The van der Waals surface area contributed by atoms with Gasteiger partial charge in [0.2, 0.25) is 15.6 Å². The van der Waals surface area contributed by atoms with Crippen LogP contribution in [0.25, 0.3) is 56.1 Å². The summed E-state index contributed by atoms with van der Waals surface area (Å²) in [7, 11) is -1.02. The molecule has 0 fully saturated rings. The Bertz CT molecular complexity index is 2150. The average molecular weight is 634 g/mol. The maximum atomic E-state index is 13.8. The Balaban J connectivity index is 1.66. The maximum absolute atomic E-state index is 13.8. The van der Waals surface area contributed by atoms with Crippen LogP contribution in [0.2, 0.25) is 0 Å². The van der Waals surface area contributed by atoms with Crippen LogP contribution in [0.4, 0.5) is 14.5 Å². The highest BCUT2D eigenvalue weighted by Gasteiger charge is 2.28. The first-order valence-electron chi connectivity index (χ1n) is 13.7. The zero-order valence-electron chi connectivity index (χ0n) is 24.4. The number of oxazole rings is 1. The predicted octanol–water partition coefficient (Wildman–Crippen LogP) is 5.63. The van der Waals surface area contributed by atoms with Crippen molar-refractivity contribution in [3.05, 3.63) is 84.3 Å². The molecular formula is C32H27F2N4O6S+. The third-order valence-corrected chi connectivity index (χ3v) is 8.46.